The van der Waals surface area contributed by atoms with Gasteiger partial charge in [0.15, 0.2) is 0 Å². The van der Waals surface area contributed by atoms with Crippen molar-refractivity contribution >= 4 is 19.6 Å². The monoisotopic (exact) mass is 290 g/mol. The molecule has 0 fully saturated rings. The Balaban J connectivity index is 1.96. The standard InChI is InChI=1S/C15H14OSe/c1-12-7-9-14(10-8-12)15(16)17-11-13-5-3-2-4-6-13/h2-10H,11H2,1H3. The van der Waals surface area contributed by atoms with Crippen LogP contribution in [0.25, 0.3) is 0 Å². The van der Waals surface area contributed by atoms with Crippen molar-refractivity contribution in [1.82, 2.24) is 0 Å². The van der Waals surface area contributed by atoms with Crippen LogP contribution in [0, 0.1) is 6.92 Å². The zero-order chi connectivity index (χ0) is 12.1. The molecule has 0 spiro atoms. The second kappa shape index (κ2) is 5.81. The Hall–Kier alpha value is -1.37. The Labute approximate surface area is 108 Å². The summed E-state index contributed by atoms with van der Waals surface area (Å²) in [5.74, 6) is 0. The van der Waals surface area contributed by atoms with E-state index < -0.39 is 0 Å². The molecule has 0 saturated heterocycles. The number of carbonyl (C=O) groups excluding carboxylic acids is 1. The average Bonchev–Trinajstić information content (AvgIpc) is 2.38. The first-order valence-electron chi connectivity index (χ1n) is 5.53. The van der Waals surface area contributed by atoms with Crippen molar-refractivity contribution in [2.24, 2.45) is 0 Å². The summed E-state index contributed by atoms with van der Waals surface area (Å²) in [4.78, 5) is 12.0. The number of hydrogen-bond acceptors (Lipinski definition) is 1. The van der Waals surface area contributed by atoms with Gasteiger partial charge in [0.05, 0.1) is 0 Å². The van der Waals surface area contributed by atoms with Crippen molar-refractivity contribution in [3.05, 3.63) is 71.3 Å². The van der Waals surface area contributed by atoms with E-state index in [1.165, 1.54) is 11.1 Å². The van der Waals surface area contributed by atoms with E-state index in [1.54, 1.807) is 0 Å². The second-order valence-corrected chi connectivity index (χ2v) is 5.92. The molecule has 0 unspecified atom stereocenters. The summed E-state index contributed by atoms with van der Waals surface area (Å²) in [7, 11) is 0. The molecule has 0 atom stereocenters. The maximum absolute atomic E-state index is 12.0. The topological polar surface area (TPSA) is 17.1 Å². The predicted octanol–water partition coefficient (Wildman–Crippen LogP) is 3.04. The average molecular weight is 289 g/mol. The zero-order valence-corrected chi connectivity index (χ0v) is 11.4. The third-order valence-electron chi connectivity index (χ3n) is 2.50. The van der Waals surface area contributed by atoms with Gasteiger partial charge >= 0.3 is 108 Å². The molecule has 0 aromatic heterocycles. The fourth-order valence-electron chi connectivity index (χ4n) is 1.50. The first-order valence-corrected chi connectivity index (χ1v) is 7.60. The molecule has 2 aromatic carbocycles. The van der Waals surface area contributed by atoms with E-state index >= 15 is 0 Å². The van der Waals surface area contributed by atoms with Gasteiger partial charge < -0.3 is 0 Å². The van der Waals surface area contributed by atoms with Crippen molar-refractivity contribution in [3.63, 3.8) is 0 Å². The minimum absolute atomic E-state index is 0.00336. The summed E-state index contributed by atoms with van der Waals surface area (Å²) in [6, 6.07) is 18.0. The molecule has 0 aliphatic heterocycles. The van der Waals surface area contributed by atoms with Crippen LogP contribution in [-0.4, -0.2) is 19.6 Å². The van der Waals surface area contributed by atoms with Gasteiger partial charge in [0, 0.05) is 0 Å². The molecule has 2 aromatic rings. The molecule has 0 N–H and O–H groups in total. The Morgan fingerprint density at radius 2 is 1.65 bits per heavy atom. The quantitative estimate of drug-likeness (QED) is 0.791. The van der Waals surface area contributed by atoms with Crippen molar-refractivity contribution < 1.29 is 4.79 Å². The van der Waals surface area contributed by atoms with E-state index in [1.807, 2.05) is 49.4 Å². The fourth-order valence-corrected chi connectivity index (χ4v) is 3.16. The van der Waals surface area contributed by atoms with E-state index in [9.17, 15) is 4.79 Å². The van der Waals surface area contributed by atoms with E-state index in [0.717, 1.165) is 10.9 Å². The van der Waals surface area contributed by atoms with E-state index in [2.05, 4.69) is 12.1 Å². The molecule has 0 aliphatic rings. The molecule has 0 heterocycles. The Morgan fingerprint density at radius 3 is 2.29 bits per heavy atom. The van der Waals surface area contributed by atoms with Crippen molar-refractivity contribution in [1.29, 1.82) is 0 Å². The summed E-state index contributed by atoms with van der Waals surface area (Å²) in [5, 5.41) is 0.876. The summed E-state index contributed by atoms with van der Waals surface area (Å²) >= 11 is -0.00336. The number of rotatable bonds is 4. The predicted molar refractivity (Wildman–Crippen MR) is 71.4 cm³/mol. The first-order chi connectivity index (χ1) is 8.25. The van der Waals surface area contributed by atoms with Crippen LogP contribution in [0.5, 0.6) is 0 Å². The third kappa shape index (κ3) is 3.55. The van der Waals surface area contributed by atoms with Gasteiger partial charge in [0.25, 0.3) is 0 Å². The van der Waals surface area contributed by atoms with Crippen LogP contribution in [-0.2, 0) is 5.32 Å². The number of carbonyl (C=O) groups is 1. The Morgan fingerprint density at radius 1 is 1.00 bits per heavy atom. The van der Waals surface area contributed by atoms with Crippen molar-refractivity contribution in [3.8, 4) is 0 Å². The maximum atomic E-state index is 12.0. The van der Waals surface area contributed by atoms with Gasteiger partial charge in [-0.15, -0.1) is 0 Å². The number of aryl methyl sites for hydroxylation is 1. The van der Waals surface area contributed by atoms with Crippen LogP contribution in [0.4, 0.5) is 0 Å². The molecular weight excluding hydrogens is 275 g/mol. The summed E-state index contributed by atoms with van der Waals surface area (Å²) in [6.07, 6.45) is 0. The van der Waals surface area contributed by atoms with Gasteiger partial charge in [-0.25, -0.2) is 0 Å². The van der Waals surface area contributed by atoms with E-state index in [0.29, 0.717) is 0 Å². The van der Waals surface area contributed by atoms with Gasteiger partial charge in [-0.3, -0.25) is 0 Å². The van der Waals surface area contributed by atoms with Gasteiger partial charge in [0.1, 0.15) is 0 Å². The van der Waals surface area contributed by atoms with Gasteiger partial charge in [0.2, 0.25) is 0 Å². The van der Waals surface area contributed by atoms with E-state index in [4.69, 9.17) is 0 Å². The Bertz CT molecular complexity index is 488. The summed E-state index contributed by atoms with van der Waals surface area (Å²) < 4.78 is 0.279. The molecule has 0 amide bonds. The molecule has 0 bridgehead atoms. The summed E-state index contributed by atoms with van der Waals surface area (Å²) in [6.45, 7) is 2.03. The normalized spacial score (nSPS) is 10.2. The van der Waals surface area contributed by atoms with Crippen LogP contribution in [0.3, 0.4) is 0 Å². The van der Waals surface area contributed by atoms with Gasteiger partial charge in [-0.05, 0) is 0 Å². The van der Waals surface area contributed by atoms with Crippen LogP contribution in [0.2, 0.25) is 0 Å². The van der Waals surface area contributed by atoms with Crippen LogP contribution < -0.4 is 0 Å². The molecule has 2 rings (SSSR count). The second-order valence-electron chi connectivity index (χ2n) is 3.93. The molecule has 0 saturated carbocycles. The Kier molecular flexibility index (Phi) is 4.13. The SMILES string of the molecule is Cc1ccc(C(=O)[Se]Cc2ccccc2)cc1. The number of benzene rings is 2. The van der Waals surface area contributed by atoms with Gasteiger partial charge in [-0.1, -0.05) is 0 Å². The first kappa shape index (κ1) is 12.1. The van der Waals surface area contributed by atoms with Crippen molar-refractivity contribution in [2.75, 3.05) is 0 Å². The molecule has 0 aliphatic carbocycles. The van der Waals surface area contributed by atoms with Crippen LogP contribution >= 0.6 is 0 Å². The molecule has 0 radical (unpaired) electrons. The molecule has 1 nitrogen and oxygen atoms in total. The minimum atomic E-state index is -0.00336. The fraction of sp³-hybridized carbons (Fsp3) is 0.133. The molecule has 86 valence electrons. The van der Waals surface area contributed by atoms with Crippen LogP contribution in [0.1, 0.15) is 21.5 Å². The van der Waals surface area contributed by atoms with E-state index in [-0.39, 0.29) is 19.6 Å². The molecular formula is C15H14OSe. The van der Waals surface area contributed by atoms with Crippen molar-refractivity contribution in [2.45, 2.75) is 12.2 Å². The zero-order valence-electron chi connectivity index (χ0n) is 9.72. The molecule has 2 heteroatoms. The number of hydrogen-bond donors (Lipinski definition) is 0. The van der Waals surface area contributed by atoms with Crippen LogP contribution in [0.15, 0.2) is 54.6 Å². The third-order valence-corrected chi connectivity index (χ3v) is 4.55. The van der Waals surface area contributed by atoms with Gasteiger partial charge in [-0.2, -0.15) is 0 Å². The molecule has 17 heavy (non-hydrogen) atoms. The summed E-state index contributed by atoms with van der Waals surface area (Å²) in [5.41, 5.74) is 3.27.